The maximum absolute atomic E-state index is 8.89. The van der Waals surface area contributed by atoms with Crippen LogP contribution in [0.1, 0.15) is 23.7 Å². The summed E-state index contributed by atoms with van der Waals surface area (Å²) in [4.78, 5) is 0. The standard InChI is InChI=1S/C9H12N4/c1-4-11-9-8(5-10)6(2)7(3)12-13-9/h4H2,1-3H3,(H,11,13). The van der Waals surface area contributed by atoms with Crippen molar-refractivity contribution < 1.29 is 0 Å². The normalized spacial score (nSPS) is 9.38. The van der Waals surface area contributed by atoms with E-state index in [0.717, 1.165) is 17.8 Å². The number of aryl methyl sites for hydroxylation is 1. The van der Waals surface area contributed by atoms with Gasteiger partial charge in [-0.1, -0.05) is 0 Å². The van der Waals surface area contributed by atoms with Crippen molar-refractivity contribution in [2.75, 3.05) is 11.9 Å². The molecule has 0 atom stereocenters. The predicted molar refractivity (Wildman–Crippen MR) is 50.4 cm³/mol. The molecule has 0 saturated carbocycles. The first kappa shape index (κ1) is 9.46. The highest BCUT2D eigenvalue weighted by Gasteiger charge is 2.08. The number of anilines is 1. The molecule has 0 fully saturated rings. The van der Waals surface area contributed by atoms with Crippen LogP contribution in [0.5, 0.6) is 0 Å². The molecule has 0 amide bonds. The Morgan fingerprint density at radius 3 is 2.62 bits per heavy atom. The summed E-state index contributed by atoms with van der Waals surface area (Å²) in [5.41, 5.74) is 2.29. The van der Waals surface area contributed by atoms with Crippen LogP contribution in [0.25, 0.3) is 0 Å². The van der Waals surface area contributed by atoms with Gasteiger partial charge in [0.15, 0.2) is 5.82 Å². The van der Waals surface area contributed by atoms with Crippen molar-refractivity contribution in [2.24, 2.45) is 0 Å². The average Bonchev–Trinajstić information content (AvgIpc) is 2.12. The Morgan fingerprint density at radius 1 is 1.38 bits per heavy atom. The van der Waals surface area contributed by atoms with Crippen LogP contribution >= 0.6 is 0 Å². The largest absolute Gasteiger partial charge is 0.368 e. The summed E-state index contributed by atoms with van der Waals surface area (Å²) < 4.78 is 0. The van der Waals surface area contributed by atoms with Crippen molar-refractivity contribution in [3.05, 3.63) is 16.8 Å². The molecule has 0 radical (unpaired) electrons. The van der Waals surface area contributed by atoms with Crippen LogP contribution in [0, 0.1) is 25.2 Å². The van der Waals surface area contributed by atoms with Crippen LogP contribution in [-0.2, 0) is 0 Å². The van der Waals surface area contributed by atoms with Crippen molar-refractivity contribution in [3.8, 4) is 6.07 Å². The van der Waals surface area contributed by atoms with E-state index < -0.39 is 0 Å². The monoisotopic (exact) mass is 176 g/mol. The quantitative estimate of drug-likeness (QED) is 0.739. The molecule has 0 bridgehead atoms. The molecule has 1 N–H and O–H groups in total. The Labute approximate surface area is 77.6 Å². The maximum atomic E-state index is 8.89. The van der Waals surface area contributed by atoms with E-state index in [9.17, 15) is 0 Å². The first-order valence-electron chi connectivity index (χ1n) is 4.18. The van der Waals surface area contributed by atoms with E-state index in [0.29, 0.717) is 11.4 Å². The summed E-state index contributed by atoms with van der Waals surface area (Å²) in [6.45, 7) is 6.42. The lowest BCUT2D eigenvalue weighted by atomic mass is 10.1. The van der Waals surface area contributed by atoms with Gasteiger partial charge in [-0.05, 0) is 26.3 Å². The number of hydrogen-bond acceptors (Lipinski definition) is 4. The van der Waals surface area contributed by atoms with Gasteiger partial charge in [-0.15, -0.1) is 5.10 Å². The Kier molecular flexibility index (Phi) is 2.80. The fourth-order valence-corrected chi connectivity index (χ4v) is 1.04. The summed E-state index contributed by atoms with van der Waals surface area (Å²) in [6.07, 6.45) is 0. The second-order valence-electron chi connectivity index (χ2n) is 2.78. The van der Waals surface area contributed by atoms with Gasteiger partial charge >= 0.3 is 0 Å². The van der Waals surface area contributed by atoms with Crippen molar-refractivity contribution >= 4 is 5.82 Å². The van der Waals surface area contributed by atoms with E-state index in [-0.39, 0.29) is 0 Å². The predicted octanol–water partition coefficient (Wildman–Crippen LogP) is 1.40. The Bertz CT molecular complexity index is 351. The molecule has 4 heteroatoms. The summed E-state index contributed by atoms with van der Waals surface area (Å²) in [7, 11) is 0. The first-order valence-corrected chi connectivity index (χ1v) is 4.18. The molecule has 4 nitrogen and oxygen atoms in total. The van der Waals surface area contributed by atoms with E-state index >= 15 is 0 Å². The summed E-state index contributed by atoms with van der Waals surface area (Å²) in [6, 6.07) is 2.12. The topological polar surface area (TPSA) is 61.6 Å². The van der Waals surface area contributed by atoms with Gasteiger partial charge < -0.3 is 5.32 Å². The molecule has 1 rings (SSSR count). The Morgan fingerprint density at radius 2 is 2.08 bits per heavy atom. The molecule has 0 aliphatic rings. The van der Waals surface area contributed by atoms with Gasteiger partial charge in [0.2, 0.25) is 0 Å². The van der Waals surface area contributed by atoms with Crippen LogP contribution in [0.2, 0.25) is 0 Å². The lowest BCUT2D eigenvalue weighted by Crippen LogP contribution is -2.06. The van der Waals surface area contributed by atoms with Crippen molar-refractivity contribution in [2.45, 2.75) is 20.8 Å². The molecule has 0 aliphatic heterocycles. The van der Waals surface area contributed by atoms with Crippen molar-refractivity contribution in [1.82, 2.24) is 10.2 Å². The van der Waals surface area contributed by atoms with Crippen LogP contribution < -0.4 is 5.32 Å². The molecular formula is C9H12N4. The number of nitrogens with one attached hydrogen (secondary N) is 1. The average molecular weight is 176 g/mol. The third-order valence-corrected chi connectivity index (χ3v) is 1.91. The number of hydrogen-bond donors (Lipinski definition) is 1. The number of nitrogens with zero attached hydrogens (tertiary/aromatic N) is 3. The van der Waals surface area contributed by atoms with Crippen LogP contribution in [0.15, 0.2) is 0 Å². The minimum absolute atomic E-state index is 0.577. The molecule has 13 heavy (non-hydrogen) atoms. The molecule has 0 spiro atoms. The van der Waals surface area contributed by atoms with E-state index in [1.165, 1.54) is 0 Å². The Balaban J connectivity index is 3.23. The SMILES string of the molecule is CCNc1nnc(C)c(C)c1C#N. The van der Waals surface area contributed by atoms with Crippen LogP contribution in [0.3, 0.4) is 0 Å². The zero-order valence-corrected chi connectivity index (χ0v) is 8.05. The fraction of sp³-hybridized carbons (Fsp3) is 0.444. The highest BCUT2D eigenvalue weighted by atomic mass is 15.2. The third kappa shape index (κ3) is 1.75. The highest BCUT2D eigenvalue weighted by Crippen LogP contribution is 2.16. The van der Waals surface area contributed by atoms with Crippen molar-refractivity contribution in [3.63, 3.8) is 0 Å². The van der Waals surface area contributed by atoms with Gasteiger partial charge in [-0.25, -0.2) is 0 Å². The van der Waals surface area contributed by atoms with E-state index in [4.69, 9.17) is 5.26 Å². The highest BCUT2D eigenvalue weighted by molar-refractivity contribution is 5.55. The summed E-state index contributed by atoms with van der Waals surface area (Å²) >= 11 is 0. The lowest BCUT2D eigenvalue weighted by Gasteiger charge is -2.06. The summed E-state index contributed by atoms with van der Waals surface area (Å²) in [5.74, 6) is 0.577. The molecule has 0 aromatic carbocycles. The second-order valence-corrected chi connectivity index (χ2v) is 2.78. The van der Waals surface area contributed by atoms with E-state index in [1.807, 2.05) is 20.8 Å². The number of rotatable bonds is 2. The van der Waals surface area contributed by atoms with Gasteiger partial charge in [-0.3, -0.25) is 0 Å². The maximum Gasteiger partial charge on any atom is 0.166 e. The molecule has 1 aromatic heterocycles. The molecule has 0 aliphatic carbocycles. The molecular weight excluding hydrogens is 164 g/mol. The molecule has 1 aromatic rings. The molecule has 0 unspecified atom stereocenters. The molecule has 1 heterocycles. The zero-order chi connectivity index (χ0) is 9.84. The van der Waals surface area contributed by atoms with E-state index in [2.05, 4.69) is 21.6 Å². The van der Waals surface area contributed by atoms with Gasteiger partial charge in [0.05, 0.1) is 5.69 Å². The Hall–Kier alpha value is -1.63. The van der Waals surface area contributed by atoms with Gasteiger partial charge in [0.1, 0.15) is 11.6 Å². The molecule has 0 saturated heterocycles. The van der Waals surface area contributed by atoms with Gasteiger partial charge in [0, 0.05) is 6.54 Å². The fourth-order valence-electron chi connectivity index (χ4n) is 1.04. The van der Waals surface area contributed by atoms with Crippen molar-refractivity contribution in [1.29, 1.82) is 5.26 Å². The first-order chi connectivity index (χ1) is 6.20. The minimum atomic E-state index is 0.577. The number of nitriles is 1. The smallest absolute Gasteiger partial charge is 0.166 e. The van der Waals surface area contributed by atoms with Crippen LogP contribution in [0.4, 0.5) is 5.82 Å². The van der Waals surface area contributed by atoms with Gasteiger partial charge in [-0.2, -0.15) is 10.4 Å². The number of aromatic nitrogens is 2. The van der Waals surface area contributed by atoms with Crippen LogP contribution in [-0.4, -0.2) is 16.7 Å². The summed E-state index contributed by atoms with van der Waals surface area (Å²) in [5, 5.41) is 19.7. The molecule has 68 valence electrons. The van der Waals surface area contributed by atoms with Gasteiger partial charge in [0.25, 0.3) is 0 Å². The lowest BCUT2D eigenvalue weighted by molar-refractivity contribution is 0.947. The minimum Gasteiger partial charge on any atom is -0.368 e. The second kappa shape index (κ2) is 3.85. The zero-order valence-electron chi connectivity index (χ0n) is 8.05. The van der Waals surface area contributed by atoms with E-state index in [1.54, 1.807) is 0 Å². The third-order valence-electron chi connectivity index (χ3n) is 1.91.